The predicted molar refractivity (Wildman–Crippen MR) is 71.1 cm³/mol. The molecule has 0 saturated heterocycles. The zero-order valence-electron chi connectivity index (χ0n) is 10.1. The van der Waals surface area contributed by atoms with Crippen LogP contribution in [0.4, 0.5) is 0 Å². The number of nitrogens with zero attached hydrogens (tertiary/aromatic N) is 4. The van der Waals surface area contributed by atoms with Crippen LogP contribution in [0.2, 0.25) is 5.15 Å². The number of halogens is 1. The number of benzene rings is 1. The molecule has 3 rings (SSSR count). The first kappa shape index (κ1) is 11.2. The van der Waals surface area contributed by atoms with Crippen LogP contribution in [0.15, 0.2) is 30.7 Å². The summed E-state index contributed by atoms with van der Waals surface area (Å²) in [4.78, 5) is 8.20. The van der Waals surface area contributed by atoms with Crippen molar-refractivity contribution in [3.8, 4) is 5.69 Å². The van der Waals surface area contributed by atoms with Crippen molar-refractivity contribution in [2.75, 3.05) is 0 Å². The summed E-state index contributed by atoms with van der Waals surface area (Å²) in [6.07, 6.45) is 3.14. The summed E-state index contributed by atoms with van der Waals surface area (Å²) >= 11 is 6.02. The molecular formula is C13H11ClN4. The lowest BCUT2D eigenvalue weighted by Crippen LogP contribution is -2.00. The molecule has 0 radical (unpaired) electrons. The summed E-state index contributed by atoms with van der Waals surface area (Å²) in [6.45, 7) is 4.12. The summed E-state index contributed by atoms with van der Waals surface area (Å²) in [6, 6.07) is 6.21. The summed E-state index contributed by atoms with van der Waals surface area (Å²) in [5.74, 6) is 0. The fourth-order valence-electron chi connectivity index (χ4n) is 2.03. The van der Waals surface area contributed by atoms with E-state index in [1.807, 2.05) is 6.07 Å². The normalized spacial score (nSPS) is 11.1. The fourth-order valence-corrected chi connectivity index (χ4v) is 2.21. The Morgan fingerprint density at radius 3 is 2.78 bits per heavy atom. The van der Waals surface area contributed by atoms with Gasteiger partial charge in [-0.25, -0.2) is 14.6 Å². The van der Waals surface area contributed by atoms with Crippen LogP contribution in [0.25, 0.3) is 16.7 Å². The average Bonchev–Trinajstić information content (AvgIpc) is 2.74. The fraction of sp³-hybridized carbons (Fsp3) is 0.154. The van der Waals surface area contributed by atoms with E-state index >= 15 is 0 Å². The maximum absolute atomic E-state index is 6.02. The Kier molecular flexibility index (Phi) is 2.52. The largest absolute Gasteiger partial charge is 0.224 e. The average molecular weight is 259 g/mol. The van der Waals surface area contributed by atoms with Gasteiger partial charge < -0.3 is 0 Å². The standard InChI is InChI=1S/C13H11ClN4/c1-8-3-4-11(9(2)5-8)18-13-10(6-17-18)12(14)15-7-16-13/h3-7H,1-2H3. The van der Waals surface area contributed by atoms with Crippen LogP contribution in [0.3, 0.4) is 0 Å². The zero-order chi connectivity index (χ0) is 12.7. The van der Waals surface area contributed by atoms with Crippen molar-refractivity contribution in [2.45, 2.75) is 13.8 Å². The third-order valence-electron chi connectivity index (χ3n) is 2.90. The highest BCUT2D eigenvalue weighted by atomic mass is 35.5. The van der Waals surface area contributed by atoms with E-state index in [-0.39, 0.29) is 0 Å². The van der Waals surface area contributed by atoms with E-state index in [1.54, 1.807) is 10.9 Å². The van der Waals surface area contributed by atoms with Crippen LogP contribution >= 0.6 is 11.6 Å². The molecule has 0 aliphatic carbocycles. The second-order valence-corrected chi connectivity index (χ2v) is 4.61. The van der Waals surface area contributed by atoms with Crippen molar-refractivity contribution in [1.82, 2.24) is 19.7 Å². The van der Waals surface area contributed by atoms with Gasteiger partial charge in [0, 0.05) is 0 Å². The molecule has 0 unspecified atom stereocenters. The number of aryl methyl sites for hydroxylation is 2. The van der Waals surface area contributed by atoms with E-state index in [1.165, 1.54) is 11.9 Å². The smallest absolute Gasteiger partial charge is 0.167 e. The van der Waals surface area contributed by atoms with Crippen LogP contribution in [0, 0.1) is 13.8 Å². The summed E-state index contributed by atoms with van der Waals surface area (Å²) in [7, 11) is 0. The number of hydrogen-bond donors (Lipinski definition) is 0. The van der Waals surface area contributed by atoms with E-state index in [9.17, 15) is 0 Å². The number of rotatable bonds is 1. The molecule has 0 N–H and O–H groups in total. The van der Waals surface area contributed by atoms with E-state index in [4.69, 9.17) is 11.6 Å². The predicted octanol–water partition coefficient (Wildman–Crippen LogP) is 3.09. The third kappa shape index (κ3) is 1.66. The maximum atomic E-state index is 6.02. The minimum Gasteiger partial charge on any atom is -0.224 e. The lowest BCUT2D eigenvalue weighted by Gasteiger charge is -2.07. The van der Waals surface area contributed by atoms with Gasteiger partial charge in [-0.15, -0.1) is 0 Å². The second-order valence-electron chi connectivity index (χ2n) is 4.25. The van der Waals surface area contributed by atoms with Crippen molar-refractivity contribution >= 4 is 22.6 Å². The summed E-state index contributed by atoms with van der Waals surface area (Å²) in [5, 5.41) is 5.54. The topological polar surface area (TPSA) is 43.6 Å². The molecule has 3 aromatic rings. The number of aromatic nitrogens is 4. The van der Waals surface area contributed by atoms with Crippen molar-refractivity contribution in [3.05, 3.63) is 47.0 Å². The Labute approximate surface area is 109 Å². The van der Waals surface area contributed by atoms with Gasteiger partial charge in [-0.1, -0.05) is 29.3 Å². The summed E-state index contributed by atoms with van der Waals surface area (Å²) in [5.41, 5.74) is 4.10. The molecule has 1 aromatic carbocycles. The molecule has 0 bridgehead atoms. The number of hydrogen-bond acceptors (Lipinski definition) is 3. The first-order valence-corrected chi connectivity index (χ1v) is 5.96. The van der Waals surface area contributed by atoms with Gasteiger partial charge in [0.05, 0.1) is 17.3 Å². The van der Waals surface area contributed by atoms with Crippen molar-refractivity contribution in [3.63, 3.8) is 0 Å². The van der Waals surface area contributed by atoms with Crippen LogP contribution < -0.4 is 0 Å². The third-order valence-corrected chi connectivity index (χ3v) is 3.20. The van der Waals surface area contributed by atoms with Crippen LogP contribution in [0.5, 0.6) is 0 Å². The molecule has 0 aliphatic rings. The van der Waals surface area contributed by atoms with E-state index in [0.717, 1.165) is 22.3 Å². The molecule has 0 fully saturated rings. The van der Waals surface area contributed by atoms with Gasteiger partial charge in [0.1, 0.15) is 11.5 Å². The SMILES string of the molecule is Cc1ccc(-n2ncc3c(Cl)ncnc32)c(C)c1. The Morgan fingerprint density at radius 1 is 1.17 bits per heavy atom. The molecular weight excluding hydrogens is 248 g/mol. The van der Waals surface area contributed by atoms with Gasteiger partial charge in [0.15, 0.2) is 5.65 Å². The van der Waals surface area contributed by atoms with Gasteiger partial charge in [0.2, 0.25) is 0 Å². The van der Waals surface area contributed by atoms with E-state index in [2.05, 4.69) is 41.0 Å². The van der Waals surface area contributed by atoms with Gasteiger partial charge >= 0.3 is 0 Å². The van der Waals surface area contributed by atoms with Crippen LogP contribution in [0.1, 0.15) is 11.1 Å². The molecule has 0 atom stereocenters. The van der Waals surface area contributed by atoms with Crippen LogP contribution in [-0.2, 0) is 0 Å². The first-order chi connectivity index (χ1) is 8.66. The van der Waals surface area contributed by atoms with Gasteiger partial charge in [-0.3, -0.25) is 0 Å². The highest BCUT2D eigenvalue weighted by Gasteiger charge is 2.11. The Balaban J connectivity index is 2.29. The zero-order valence-corrected chi connectivity index (χ0v) is 10.8. The molecule has 0 amide bonds. The monoisotopic (exact) mass is 258 g/mol. The molecule has 2 aromatic heterocycles. The first-order valence-electron chi connectivity index (χ1n) is 5.58. The van der Waals surface area contributed by atoms with E-state index in [0.29, 0.717) is 5.15 Å². The minimum absolute atomic E-state index is 0.427. The van der Waals surface area contributed by atoms with Crippen molar-refractivity contribution < 1.29 is 0 Å². The Morgan fingerprint density at radius 2 is 2.00 bits per heavy atom. The van der Waals surface area contributed by atoms with Gasteiger partial charge in [0.25, 0.3) is 0 Å². The van der Waals surface area contributed by atoms with Gasteiger partial charge in [-0.2, -0.15) is 5.10 Å². The molecule has 2 heterocycles. The Bertz CT molecular complexity index is 733. The quantitative estimate of drug-likeness (QED) is 0.630. The van der Waals surface area contributed by atoms with Crippen molar-refractivity contribution in [1.29, 1.82) is 0 Å². The highest BCUT2D eigenvalue weighted by molar-refractivity contribution is 6.33. The van der Waals surface area contributed by atoms with Crippen molar-refractivity contribution in [2.24, 2.45) is 0 Å². The molecule has 18 heavy (non-hydrogen) atoms. The lowest BCUT2D eigenvalue weighted by atomic mass is 10.1. The Hall–Kier alpha value is -1.94. The van der Waals surface area contributed by atoms with Gasteiger partial charge in [-0.05, 0) is 25.5 Å². The molecule has 90 valence electrons. The number of fused-ring (bicyclic) bond motifs is 1. The maximum Gasteiger partial charge on any atom is 0.167 e. The van der Waals surface area contributed by atoms with Crippen LogP contribution in [-0.4, -0.2) is 19.7 Å². The second kappa shape index (κ2) is 4.07. The molecule has 4 nitrogen and oxygen atoms in total. The molecule has 0 spiro atoms. The molecule has 0 saturated carbocycles. The minimum atomic E-state index is 0.427. The molecule has 5 heteroatoms. The molecule has 0 aliphatic heterocycles. The lowest BCUT2D eigenvalue weighted by molar-refractivity contribution is 0.886. The summed E-state index contributed by atoms with van der Waals surface area (Å²) < 4.78 is 1.79. The highest BCUT2D eigenvalue weighted by Crippen LogP contribution is 2.23. The van der Waals surface area contributed by atoms with E-state index < -0.39 is 0 Å².